The Morgan fingerprint density at radius 3 is 2.00 bits per heavy atom. The Bertz CT molecular complexity index is 1100. The van der Waals surface area contributed by atoms with Gasteiger partial charge < -0.3 is 9.52 Å². The van der Waals surface area contributed by atoms with E-state index in [4.69, 9.17) is 4.42 Å². The second-order valence-electron chi connectivity index (χ2n) is 5.19. The molecule has 1 heterocycles. The molecule has 0 radical (unpaired) electrons. The number of hydrogen-bond acceptors (Lipinski definition) is 2. The zero-order valence-electron chi connectivity index (χ0n) is 10.6. The third kappa shape index (κ3) is 1.05. The fourth-order valence-corrected chi connectivity index (χ4v) is 3.31. The largest absolute Gasteiger partial charge is 0.508 e. The zero-order valence-corrected chi connectivity index (χ0v) is 10.6. The number of aromatic hydroxyl groups is 1. The first kappa shape index (κ1) is 10.1. The Labute approximate surface area is 114 Å². The van der Waals surface area contributed by atoms with Gasteiger partial charge in [0.1, 0.15) is 16.9 Å². The van der Waals surface area contributed by atoms with Gasteiger partial charge >= 0.3 is 0 Å². The molecular formula is C18H10O2. The highest BCUT2D eigenvalue weighted by molar-refractivity contribution is 6.32. The molecule has 1 N–H and O–H groups in total. The van der Waals surface area contributed by atoms with Gasteiger partial charge in [0.15, 0.2) is 0 Å². The first-order chi connectivity index (χ1) is 9.83. The van der Waals surface area contributed by atoms with Crippen LogP contribution < -0.4 is 0 Å². The van der Waals surface area contributed by atoms with E-state index in [0.29, 0.717) is 5.75 Å². The average Bonchev–Trinajstić information content (AvgIpc) is 2.85. The Morgan fingerprint density at radius 2 is 1.30 bits per heavy atom. The van der Waals surface area contributed by atoms with Crippen molar-refractivity contribution in [2.24, 2.45) is 0 Å². The van der Waals surface area contributed by atoms with Crippen molar-refractivity contribution < 1.29 is 9.52 Å². The van der Waals surface area contributed by atoms with Gasteiger partial charge in [-0.1, -0.05) is 30.3 Å². The molecule has 2 heteroatoms. The monoisotopic (exact) mass is 258 g/mol. The lowest BCUT2D eigenvalue weighted by Gasteiger charge is -2.08. The van der Waals surface area contributed by atoms with Gasteiger partial charge in [0.2, 0.25) is 0 Å². The van der Waals surface area contributed by atoms with E-state index in [1.54, 1.807) is 6.07 Å². The summed E-state index contributed by atoms with van der Waals surface area (Å²) < 4.78 is 5.95. The van der Waals surface area contributed by atoms with Crippen molar-refractivity contribution in [3.8, 4) is 5.75 Å². The molecule has 0 atom stereocenters. The molecule has 0 fully saturated rings. The van der Waals surface area contributed by atoms with Crippen LogP contribution in [-0.2, 0) is 0 Å². The van der Waals surface area contributed by atoms with E-state index in [0.717, 1.165) is 32.7 Å². The molecule has 0 spiro atoms. The summed E-state index contributed by atoms with van der Waals surface area (Å²) >= 11 is 0. The third-order valence-electron chi connectivity index (χ3n) is 4.11. The van der Waals surface area contributed by atoms with E-state index in [1.807, 2.05) is 36.4 Å². The zero-order chi connectivity index (χ0) is 13.3. The lowest BCUT2D eigenvalue weighted by Crippen LogP contribution is -1.81. The first-order valence-corrected chi connectivity index (χ1v) is 6.61. The number of rotatable bonds is 0. The molecule has 0 aliphatic heterocycles. The summed E-state index contributed by atoms with van der Waals surface area (Å²) in [5.41, 5.74) is 1.82. The van der Waals surface area contributed by atoms with E-state index in [-0.39, 0.29) is 0 Å². The van der Waals surface area contributed by atoms with E-state index in [9.17, 15) is 5.11 Å². The van der Waals surface area contributed by atoms with Crippen LogP contribution in [0.1, 0.15) is 0 Å². The van der Waals surface area contributed by atoms with Gasteiger partial charge in [0.05, 0.1) is 0 Å². The maximum Gasteiger partial charge on any atom is 0.136 e. The number of phenols is 1. The predicted molar refractivity (Wildman–Crippen MR) is 81.6 cm³/mol. The van der Waals surface area contributed by atoms with Crippen molar-refractivity contribution in [1.29, 1.82) is 0 Å². The van der Waals surface area contributed by atoms with E-state index in [1.165, 1.54) is 10.8 Å². The molecule has 0 unspecified atom stereocenters. The minimum atomic E-state index is 0.292. The Morgan fingerprint density at radius 1 is 0.650 bits per heavy atom. The summed E-state index contributed by atoms with van der Waals surface area (Å²) in [4.78, 5) is 0. The molecule has 2 nitrogen and oxygen atoms in total. The summed E-state index contributed by atoms with van der Waals surface area (Å²) in [6.45, 7) is 0. The van der Waals surface area contributed by atoms with Gasteiger partial charge in [-0.25, -0.2) is 0 Å². The molecule has 0 saturated heterocycles. The normalized spacial score (nSPS) is 12.2. The summed E-state index contributed by atoms with van der Waals surface area (Å²) in [6.07, 6.45) is 0. The minimum absolute atomic E-state index is 0.292. The van der Waals surface area contributed by atoms with Gasteiger partial charge in [-0.15, -0.1) is 0 Å². The Kier molecular flexibility index (Phi) is 1.63. The van der Waals surface area contributed by atoms with Crippen LogP contribution in [0.4, 0.5) is 0 Å². The number of benzene rings is 4. The van der Waals surface area contributed by atoms with Crippen molar-refractivity contribution in [1.82, 2.24) is 0 Å². The molecule has 0 saturated carbocycles. The summed E-state index contributed by atoms with van der Waals surface area (Å²) in [5.74, 6) is 0.292. The van der Waals surface area contributed by atoms with Gasteiger partial charge in [-0.2, -0.15) is 0 Å². The fourth-order valence-electron chi connectivity index (χ4n) is 3.31. The SMILES string of the molecule is Oc1ccc2c(c1)c1cccc3oc4cccc2c4c31. The topological polar surface area (TPSA) is 33.4 Å². The predicted octanol–water partition coefficient (Wildman–Crippen LogP) is 5.04. The molecule has 5 rings (SSSR count). The van der Waals surface area contributed by atoms with Crippen LogP contribution in [0.25, 0.3) is 43.5 Å². The molecule has 1 aromatic heterocycles. The molecule has 0 amide bonds. The molecule has 0 aliphatic rings. The number of fused-ring (bicyclic) bond motifs is 3. The molecule has 4 aromatic carbocycles. The van der Waals surface area contributed by atoms with E-state index < -0.39 is 0 Å². The van der Waals surface area contributed by atoms with Gasteiger partial charge in [0.25, 0.3) is 0 Å². The van der Waals surface area contributed by atoms with Gasteiger partial charge in [-0.3, -0.25) is 0 Å². The third-order valence-corrected chi connectivity index (χ3v) is 4.11. The minimum Gasteiger partial charge on any atom is -0.508 e. The molecule has 0 bridgehead atoms. The highest BCUT2D eigenvalue weighted by Gasteiger charge is 2.16. The lowest BCUT2D eigenvalue weighted by atomic mass is 9.94. The maximum atomic E-state index is 9.81. The molecular weight excluding hydrogens is 248 g/mol. The fraction of sp³-hybridized carbons (Fsp3) is 0. The van der Waals surface area contributed by atoms with Crippen molar-refractivity contribution in [2.75, 3.05) is 0 Å². The van der Waals surface area contributed by atoms with Crippen LogP contribution in [-0.4, -0.2) is 5.11 Å². The standard InChI is InChI=1S/C18H10O2/c19-10-7-8-11-12-3-1-5-15-17(12)18-13(14(11)9-10)4-2-6-16(18)20-15/h1-9,19H. The lowest BCUT2D eigenvalue weighted by molar-refractivity contribution is 0.476. The Balaban J connectivity index is 2.30. The van der Waals surface area contributed by atoms with Crippen LogP contribution in [0.3, 0.4) is 0 Å². The van der Waals surface area contributed by atoms with Gasteiger partial charge in [0, 0.05) is 10.8 Å². The molecule has 20 heavy (non-hydrogen) atoms. The average molecular weight is 258 g/mol. The highest BCUT2D eigenvalue weighted by atomic mass is 16.3. The van der Waals surface area contributed by atoms with Crippen LogP contribution in [0.2, 0.25) is 0 Å². The molecule has 0 aliphatic carbocycles. The maximum absolute atomic E-state index is 9.81. The summed E-state index contributed by atoms with van der Waals surface area (Å²) in [6, 6.07) is 17.8. The van der Waals surface area contributed by atoms with Crippen molar-refractivity contribution >= 4 is 43.5 Å². The van der Waals surface area contributed by atoms with E-state index >= 15 is 0 Å². The summed E-state index contributed by atoms with van der Waals surface area (Å²) in [7, 11) is 0. The first-order valence-electron chi connectivity index (χ1n) is 6.61. The smallest absolute Gasteiger partial charge is 0.136 e. The highest BCUT2D eigenvalue weighted by Crippen LogP contribution is 2.42. The molecule has 5 aromatic rings. The quantitative estimate of drug-likeness (QED) is 0.395. The molecule has 94 valence electrons. The van der Waals surface area contributed by atoms with Crippen molar-refractivity contribution in [2.45, 2.75) is 0 Å². The number of furan rings is 1. The van der Waals surface area contributed by atoms with Crippen LogP contribution in [0, 0.1) is 0 Å². The second-order valence-corrected chi connectivity index (χ2v) is 5.19. The summed E-state index contributed by atoms with van der Waals surface area (Å²) in [5, 5.41) is 16.7. The second kappa shape index (κ2) is 3.23. The van der Waals surface area contributed by atoms with Crippen molar-refractivity contribution in [3.63, 3.8) is 0 Å². The van der Waals surface area contributed by atoms with Crippen LogP contribution in [0.5, 0.6) is 5.75 Å². The van der Waals surface area contributed by atoms with Crippen LogP contribution >= 0.6 is 0 Å². The number of phenolic OH excluding ortho intramolecular Hbond substituents is 1. The van der Waals surface area contributed by atoms with Gasteiger partial charge in [-0.05, 0) is 45.8 Å². The van der Waals surface area contributed by atoms with Crippen molar-refractivity contribution in [3.05, 3.63) is 54.6 Å². The van der Waals surface area contributed by atoms with E-state index in [2.05, 4.69) is 12.1 Å². The number of hydrogen-bond donors (Lipinski definition) is 1. The van der Waals surface area contributed by atoms with Crippen LogP contribution in [0.15, 0.2) is 59.0 Å². The Hall–Kier alpha value is -2.74.